The van der Waals surface area contributed by atoms with Gasteiger partial charge >= 0.3 is 0 Å². The third-order valence-corrected chi connectivity index (χ3v) is 3.70. The Morgan fingerprint density at radius 3 is 2.74 bits per heavy atom. The van der Waals surface area contributed by atoms with Crippen LogP contribution < -0.4 is 10.1 Å². The van der Waals surface area contributed by atoms with E-state index in [1.54, 1.807) is 7.11 Å². The third kappa shape index (κ3) is 4.46. The van der Waals surface area contributed by atoms with Crippen LogP contribution >= 0.6 is 0 Å². The van der Waals surface area contributed by atoms with Crippen LogP contribution in [0.3, 0.4) is 0 Å². The number of para-hydroxylation sites is 2. The maximum atomic E-state index is 5.39. The summed E-state index contributed by atoms with van der Waals surface area (Å²) >= 11 is 0. The lowest BCUT2D eigenvalue weighted by Gasteiger charge is -2.12. The summed E-state index contributed by atoms with van der Waals surface area (Å²) in [6, 6.07) is 14.3. The molecule has 2 aromatic rings. The highest BCUT2D eigenvalue weighted by atomic mass is 16.5. The SMILES string of the molecule is C=Nc1c(/C=C\C)cccc1NCCCc1ccccc1OC. The highest BCUT2D eigenvalue weighted by Crippen LogP contribution is 2.30. The normalized spacial score (nSPS) is 10.7. The zero-order valence-corrected chi connectivity index (χ0v) is 13.9. The minimum absolute atomic E-state index is 0.875. The molecule has 0 atom stereocenters. The molecule has 1 N–H and O–H groups in total. The second-order valence-electron chi connectivity index (χ2n) is 5.24. The number of nitrogens with one attached hydrogen (secondary N) is 1. The van der Waals surface area contributed by atoms with Gasteiger partial charge < -0.3 is 10.1 Å². The van der Waals surface area contributed by atoms with E-state index < -0.39 is 0 Å². The Morgan fingerprint density at radius 2 is 2.00 bits per heavy atom. The molecule has 0 saturated heterocycles. The number of allylic oxidation sites excluding steroid dienone is 1. The van der Waals surface area contributed by atoms with Crippen LogP contribution in [-0.2, 0) is 6.42 Å². The van der Waals surface area contributed by atoms with Crippen molar-refractivity contribution in [2.24, 2.45) is 4.99 Å². The molecule has 120 valence electrons. The van der Waals surface area contributed by atoms with Gasteiger partial charge in [-0.25, -0.2) is 0 Å². The number of hydrogen-bond acceptors (Lipinski definition) is 3. The highest BCUT2D eigenvalue weighted by molar-refractivity contribution is 5.78. The van der Waals surface area contributed by atoms with Gasteiger partial charge in [0.1, 0.15) is 5.75 Å². The summed E-state index contributed by atoms with van der Waals surface area (Å²) < 4.78 is 5.39. The lowest BCUT2D eigenvalue weighted by Crippen LogP contribution is -2.04. The van der Waals surface area contributed by atoms with Gasteiger partial charge in [-0.05, 0) is 44.2 Å². The number of benzene rings is 2. The van der Waals surface area contributed by atoms with E-state index in [2.05, 4.69) is 23.1 Å². The predicted molar refractivity (Wildman–Crippen MR) is 100 cm³/mol. The van der Waals surface area contributed by atoms with Crippen molar-refractivity contribution >= 4 is 24.2 Å². The second-order valence-corrected chi connectivity index (χ2v) is 5.24. The minimum Gasteiger partial charge on any atom is -0.496 e. The molecular formula is C20H24N2O. The van der Waals surface area contributed by atoms with Crippen LogP contribution in [0.2, 0.25) is 0 Å². The fourth-order valence-electron chi connectivity index (χ4n) is 2.61. The Hall–Kier alpha value is -2.55. The summed E-state index contributed by atoms with van der Waals surface area (Å²) in [5.74, 6) is 0.955. The van der Waals surface area contributed by atoms with Crippen molar-refractivity contribution in [2.75, 3.05) is 19.0 Å². The molecule has 23 heavy (non-hydrogen) atoms. The van der Waals surface area contributed by atoms with E-state index in [0.717, 1.165) is 42.1 Å². The van der Waals surface area contributed by atoms with E-state index in [1.807, 2.05) is 55.5 Å². The van der Waals surface area contributed by atoms with Crippen LogP contribution in [0.25, 0.3) is 6.08 Å². The summed E-state index contributed by atoms with van der Waals surface area (Å²) in [6.45, 7) is 6.57. The standard InChI is InChI=1S/C20H24N2O/c1-4-9-17-11-7-13-18(20(17)21-2)22-15-8-12-16-10-5-6-14-19(16)23-3/h4-7,9-11,13-14,22H,2,8,12,15H2,1,3H3/b9-4-. The molecule has 0 unspecified atom stereocenters. The number of nitrogens with zero attached hydrogens (tertiary/aromatic N) is 1. The molecule has 0 aliphatic rings. The first-order valence-corrected chi connectivity index (χ1v) is 7.88. The Balaban J connectivity index is 1.96. The molecule has 0 fully saturated rings. The molecule has 0 spiro atoms. The summed E-state index contributed by atoms with van der Waals surface area (Å²) in [5, 5.41) is 3.46. The lowest BCUT2D eigenvalue weighted by atomic mass is 10.1. The first-order valence-electron chi connectivity index (χ1n) is 7.88. The van der Waals surface area contributed by atoms with E-state index in [1.165, 1.54) is 5.56 Å². The van der Waals surface area contributed by atoms with Crippen molar-refractivity contribution in [3.05, 3.63) is 59.7 Å². The Morgan fingerprint density at radius 1 is 1.17 bits per heavy atom. The van der Waals surface area contributed by atoms with Gasteiger partial charge in [0, 0.05) is 12.1 Å². The topological polar surface area (TPSA) is 33.6 Å². The summed E-state index contributed by atoms with van der Waals surface area (Å²) in [6.07, 6.45) is 6.05. The molecular weight excluding hydrogens is 284 g/mol. The third-order valence-electron chi connectivity index (χ3n) is 3.70. The zero-order valence-electron chi connectivity index (χ0n) is 13.9. The van der Waals surface area contributed by atoms with E-state index in [0.29, 0.717) is 0 Å². The monoisotopic (exact) mass is 308 g/mol. The Bertz CT molecular complexity index is 677. The maximum Gasteiger partial charge on any atom is 0.122 e. The van der Waals surface area contributed by atoms with Gasteiger partial charge in [-0.2, -0.15) is 0 Å². The average Bonchev–Trinajstić information content (AvgIpc) is 2.59. The van der Waals surface area contributed by atoms with Crippen LogP contribution in [0.1, 0.15) is 24.5 Å². The van der Waals surface area contributed by atoms with Crippen molar-refractivity contribution in [3.63, 3.8) is 0 Å². The van der Waals surface area contributed by atoms with Gasteiger partial charge in [0.25, 0.3) is 0 Å². The molecule has 0 amide bonds. The highest BCUT2D eigenvalue weighted by Gasteiger charge is 2.05. The van der Waals surface area contributed by atoms with Crippen molar-refractivity contribution in [1.29, 1.82) is 0 Å². The molecule has 0 heterocycles. The Kier molecular flexibility index (Phi) is 6.42. The minimum atomic E-state index is 0.875. The molecule has 3 nitrogen and oxygen atoms in total. The zero-order chi connectivity index (χ0) is 16.5. The van der Waals surface area contributed by atoms with E-state index in [4.69, 9.17) is 4.74 Å². The van der Waals surface area contributed by atoms with Crippen LogP contribution in [0, 0.1) is 0 Å². The van der Waals surface area contributed by atoms with Gasteiger partial charge in [0.2, 0.25) is 0 Å². The summed E-state index contributed by atoms with van der Waals surface area (Å²) in [7, 11) is 1.71. The molecule has 0 bridgehead atoms. The number of aliphatic imine (C=N–C) groups is 1. The molecule has 0 aromatic heterocycles. The van der Waals surface area contributed by atoms with Crippen molar-refractivity contribution < 1.29 is 4.74 Å². The van der Waals surface area contributed by atoms with Crippen molar-refractivity contribution in [3.8, 4) is 5.75 Å². The van der Waals surface area contributed by atoms with E-state index in [-0.39, 0.29) is 0 Å². The van der Waals surface area contributed by atoms with Gasteiger partial charge in [-0.15, -0.1) is 0 Å². The van der Waals surface area contributed by atoms with Gasteiger partial charge in [-0.3, -0.25) is 4.99 Å². The Labute approximate surface area is 138 Å². The lowest BCUT2D eigenvalue weighted by molar-refractivity contribution is 0.409. The largest absolute Gasteiger partial charge is 0.496 e. The maximum absolute atomic E-state index is 5.39. The number of aryl methyl sites for hydroxylation is 1. The van der Waals surface area contributed by atoms with Gasteiger partial charge in [0.05, 0.1) is 18.5 Å². The number of anilines is 1. The van der Waals surface area contributed by atoms with E-state index >= 15 is 0 Å². The summed E-state index contributed by atoms with van der Waals surface area (Å²) in [4.78, 5) is 4.17. The fourth-order valence-corrected chi connectivity index (χ4v) is 2.61. The first-order chi connectivity index (χ1) is 11.3. The van der Waals surface area contributed by atoms with Crippen LogP contribution in [0.15, 0.2) is 53.5 Å². The van der Waals surface area contributed by atoms with Crippen LogP contribution in [0.4, 0.5) is 11.4 Å². The van der Waals surface area contributed by atoms with Crippen LogP contribution in [0.5, 0.6) is 5.75 Å². The molecule has 0 saturated carbocycles. The van der Waals surface area contributed by atoms with E-state index in [9.17, 15) is 0 Å². The quantitative estimate of drug-likeness (QED) is 0.543. The number of rotatable bonds is 8. The van der Waals surface area contributed by atoms with Crippen molar-refractivity contribution in [2.45, 2.75) is 19.8 Å². The van der Waals surface area contributed by atoms with Gasteiger partial charge in [0.15, 0.2) is 0 Å². The first kappa shape index (κ1) is 16.8. The second kappa shape index (κ2) is 8.79. The number of methoxy groups -OCH3 is 1. The average molecular weight is 308 g/mol. The number of hydrogen-bond donors (Lipinski definition) is 1. The summed E-state index contributed by atoms with van der Waals surface area (Å²) in [5.41, 5.74) is 4.25. The predicted octanol–water partition coefficient (Wildman–Crippen LogP) is 5.11. The molecule has 3 heteroatoms. The molecule has 2 rings (SSSR count). The fraction of sp³-hybridized carbons (Fsp3) is 0.250. The van der Waals surface area contributed by atoms with Crippen molar-refractivity contribution in [1.82, 2.24) is 0 Å². The smallest absolute Gasteiger partial charge is 0.122 e. The molecule has 0 aliphatic carbocycles. The van der Waals surface area contributed by atoms with Gasteiger partial charge in [-0.1, -0.05) is 42.5 Å². The van der Waals surface area contributed by atoms with Crippen LogP contribution in [-0.4, -0.2) is 20.4 Å². The number of ether oxygens (including phenoxy) is 1. The molecule has 0 radical (unpaired) electrons. The molecule has 2 aromatic carbocycles. The molecule has 0 aliphatic heterocycles.